The molecule has 0 aliphatic heterocycles. The topological polar surface area (TPSA) is 76.9 Å². The van der Waals surface area contributed by atoms with Crippen LogP contribution in [0.2, 0.25) is 0 Å². The van der Waals surface area contributed by atoms with E-state index < -0.39 is 0 Å². The largest absolute Gasteiger partial charge is 0.300 e. The Morgan fingerprint density at radius 1 is 1.12 bits per heavy atom. The molecule has 0 fully saturated rings. The van der Waals surface area contributed by atoms with Crippen LogP contribution in [0, 0.1) is 13.8 Å². The molecule has 2 heterocycles. The molecule has 0 spiro atoms. The van der Waals surface area contributed by atoms with Crippen molar-refractivity contribution in [2.75, 3.05) is 5.32 Å². The van der Waals surface area contributed by atoms with Crippen molar-refractivity contribution in [3.8, 4) is 0 Å². The van der Waals surface area contributed by atoms with Gasteiger partial charge in [0.25, 0.3) is 5.56 Å². The Labute approximate surface area is 153 Å². The molecule has 0 unspecified atom stereocenters. The van der Waals surface area contributed by atoms with Crippen molar-refractivity contribution in [1.29, 1.82) is 0 Å². The Bertz CT molecular complexity index is 1210. The van der Waals surface area contributed by atoms with Crippen LogP contribution in [-0.2, 0) is 11.3 Å². The van der Waals surface area contributed by atoms with Crippen LogP contribution < -0.4 is 10.9 Å². The van der Waals surface area contributed by atoms with Gasteiger partial charge in [-0.25, -0.2) is 9.97 Å². The van der Waals surface area contributed by atoms with Gasteiger partial charge in [-0.15, -0.1) is 0 Å². The number of benzene rings is 2. The molecule has 0 radical (unpaired) electrons. The number of amides is 1. The van der Waals surface area contributed by atoms with Crippen molar-refractivity contribution in [3.63, 3.8) is 0 Å². The Hall–Kier alpha value is -3.06. The quantitative estimate of drug-likeness (QED) is 0.605. The Kier molecular flexibility index (Phi) is 4.00. The van der Waals surface area contributed by atoms with E-state index in [4.69, 9.17) is 0 Å². The third kappa shape index (κ3) is 2.86. The fourth-order valence-corrected chi connectivity index (χ4v) is 3.86. The molecule has 0 aliphatic carbocycles. The van der Waals surface area contributed by atoms with Gasteiger partial charge in [0.1, 0.15) is 6.54 Å². The summed E-state index contributed by atoms with van der Waals surface area (Å²) in [7, 11) is 0. The fraction of sp³-hybridized carbons (Fsp3) is 0.158. The molecule has 2 aromatic heterocycles. The summed E-state index contributed by atoms with van der Waals surface area (Å²) in [6.07, 6.45) is 1.42. The number of hydrogen-bond donors (Lipinski definition) is 1. The van der Waals surface area contributed by atoms with Crippen molar-refractivity contribution in [2.24, 2.45) is 0 Å². The number of aromatic nitrogens is 3. The van der Waals surface area contributed by atoms with Crippen LogP contribution in [0.5, 0.6) is 0 Å². The molecule has 0 bridgehead atoms. The maximum atomic E-state index is 12.6. The second-order valence-electron chi connectivity index (χ2n) is 6.14. The van der Waals surface area contributed by atoms with Crippen molar-refractivity contribution < 1.29 is 4.79 Å². The summed E-state index contributed by atoms with van der Waals surface area (Å²) >= 11 is 1.41. The van der Waals surface area contributed by atoms with Crippen LogP contribution in [0.1, 0.15) is 11.1 Å². The number of nitrogens with one attached hydrogen (secondary N) is 1. The number of nitrogens with zero attached hydrogens (tertiary/aromatic N) is 3. The summed E-state index contributed by atoms with van der Waals surface area (Å²) in [4.78, 5) is 33.7. The molecule has 6 nitrogen and oxygen atoms in total. The number of carbonyl (C=O) groups excluding carboxylic acids is 1. The second kappa shape index (κ2) is 6.34. The second-order valence-corrected chi connectivity index (χ2v) is 7.17. The minimum absolute atomic E-state index is 0.107. The van der Waals surface area contributed by atoms with Gasteiger partial charge in [0, 0.05) is 0 Å². The predicted molar refractivity (Wildman–Crippen MR) is 104 cm³/mol. The molecule has 0 saturated heterocycles. The van der Waals surface area contributed by atoms with Crippen molar-refractivity contribution in [3.05, 3.63) is 64.2 Å². The molecule has 0 aliphatic rings. The monoisotopic (exact) mass is 364 g/mol. The fourth-order valence-electron chi connectivity index (χ4n) is 2.90. The summed E-state index contributed by atoms with van der Waals surface area (Å²) in [6, 6.07) is 11.4. The van der Waals surface area contributed by atoms with Gasteiger partial charge in [0.2, 0.25) is 5.91 Å². The Morgan fingerprint density at radius 2 is 1.85 bits per heavy atom. The average Bonchev–Trinajstić information content (AvgIpc) is 3.02. The summed E-state index contributed by atoms with van der Waals surface area (Å²) in [5, 5.41) is 3.81. The van der Waals surface area contributed by atoms with E-state index in [-0.39, 0.29) is 18.0 Å². The minimum atomic E-state index is -0.308. The zero-order valence-electron chi connectivity index (χ0n) is 14.3. The maximum Gasteiger partial charge on any atom is 0.261 e. The molecule has 0 atom stereocenters. The molecule has 7 heteroatoms. The highest BCUT2D eigenvalue weighted by molar-refractivity contribution is 7.22. The van der Waals surface area contributed by atoms with Crippen LogP contribution in [0.25, 0.3) is 21.1 Å². The number of rotatable bonds is 3. The van der Waals surface area contributed by atoms with Crippen LogP contribution in [0.3, 0.4) is 0 Å². The summed E-state index contributed by atoms with van der Waals surface area (Å²) in [5.41, 5.74) is 3.31. The predicted octanol–water partition coefficient (Wildman–Crippen LogP) is 3.26. The van der Waals surface area contributed by atoms with Crippen LogP contribution in [-0.4, -0.2) is 20.4 Å². The van der Waals surface area contributed by atoms with E-state index in [1.54, 1.807) is 6.07 Å². The van der Waals surface area contributed by atoms with Gasteiger partial charge < -0.3 is 5.32 Å². The normalized spacial score (nSPS) is 11.2. The van der Waals surface area contributed by atoms with Gasteiger partial charge in [0.05, 0.1) is 27.4 Å². The average molecular weight is 364 g/mol. The van der Waals surface area contributed by atoms with Crippen molar-refractivity contribution in [1.82, 2.24) is 14.5 Å². The van der Waals surface area contributed by atoms with E-state index in [0.717, 1.165) is 21.3 Å². The molecule has 130 valence electrons. The van der Waals surface area contributed by atoms with Gasteiger partial charge in [-0.1, -0.05) is 35.6 Å². The SMILES string of the molecule is Cc1cccc2sc(NC(=O)Cn3cnc4c(C)cccc4c3=O)nc12. The smallest absolute Gasteiger partial charge is 0.261 e. The van der Waals surface area contributed by atoms with Crippen LogP contribution in [0.15, 0.2) is 47.5 Å². The maximum absolute atomic E-state index is 12.6. The van der Waals surface area contributed by atoms with Gasteiger partial charge in [-0.05, 0) is 37.1 Å². The van der Waals surface area contributed by atoms with E-state index in [9.17, 15) is 9.59 Å². The van der Waals surface area contributed by atoms with E-state index in [1.807, 2.05) is 44.2 Å². The van der Waals surface area contributed by atoms with E-state index in [1.165, 1.54) is 22.2 Å². The number of fused-ring (bicyclic) bond motifs is 2. The number of thiazole rings is 1. The highest BCUT2D eigenvalue weighted by Crippen LogP contribution is 2.27. The third-order valence-electron chi connectivity index (χ3n) is 4.24. The molecule has 26 heavy (non-hydrogen) atoms. The first-order chi connectivity index (χ1) is 12.5. The van der Waals surface area contributed by atoms with Crippen LogP contribution >= 0.6 is 11.3 Å². The van der Waals surface area contributed by atoms with Gasteiger partial charge >= 0.3 is 0 Å². The molecule has 1 N–H and O–H groups in total. The van der Waals surface area contributed by atoms with Crippen molar-refractivity contribution >= 4 is 43.5 Å². The molecule has 1 amide bonds. The Balaban J connectivity index is 1.60. The lowest BCUT2D eigenvalue weighted by molar-refractivity contribution is -0.116. The number of aryl methyl sites for hydroxylation is 2. The van der Waals surface area contributed by atoms with E-state index in [2.05, 4.69) is 15.3 Å². The first-order valence-electron chi connectivity index (χ1n) is 8.14. The van der Waals surface area contributed by atoms with Gasteiger partial charge in [0.15, 0.2) is 5.13 Å². The molecule has 2 aromatic carbocycles. The lowest BCUT2D eigenvalue weighted by Gasteiger charge is -2.07. The highest BCUT2D eigenvalue weighted by atomic mass is 32.1. The molecule has 4 rings (SSSR count). The standard InChI is InChI=1S/C19H16N4O2S/c1-11-5-3-7-13-16(11)20-10-23(18(13)25)9-15(24)21-19-22-17-12(2)6-4-8-14(17)26-19/h3-8,10H,9H2,1-2H3,(H,21,22,24). The first-order valence-corrected chi connectivity index (χ1v) is 8.95. The zero-order chi connectivity index (χ0) is 18.3. The van der Waals surface area contributed by atoms with Crippen molar-refractivity contribution in [2.45, 2.75) is 20.4 Å². The highest BCUT2D eigenvalue weighted by Gasteiger charge is 2.12. The number of hydrogen-bond acceptors (Lipinski definition) is 5. The number of para-hydroxylation sites is 2. The van der Waals surface area contributed by atoms with E-state index >= 15 is 0 Å². The van der Waals surface area contributed by atoms with Crippen LogP contribution in [0.4, 0.5) is 5.13 Å². The van der Waals surface area contributed by atoms with Gasteiger partial charge in [-0.2, -0.15) is 0 Å². The van der Waals surface area contributed by atoms with E-state index in [0.29, 0.717) is 16.0 Å². The summed E-state index contributed by atoms with van der Waals surface area (Å²) < 4.78 is 2.33. The molecule has 4 aromatic rings. The number of carbonyl (C=O) groups is 1. The molecular weight excluding hydrogens is 348 g/mol. The third-order valence-corrected chi connectivity index (χ3v) is 5.17. The lowest BCUT2D eigenvalue weighted by Crippen LogP contribution is -2.28. The first kappa shape index (κ1) is 16.4. The number of anilines is 1. The lowest BCUT2D eigenvalue weighted by atomic mass is 10.1. The Morgan fingerprint density at radius 3 is 2.62 bits per heavy atom. The zero-order valence-corrected chi connectivity index (χ0v) is 15.1. The summed E-state index contributed by atoms with van der Waals surface area (Å²) in [6.45, 7) is 3.78. The summed E-state index contributed by atoms with van der Waals surface area (Å²) in [5.74, 6) is -0.308. The molecular formula is C19H16N4O2S. The van der Waals surface area contributed by atoms with Gasteiger partial charge in [-0.3, -0.25) is 14.2 Å². The minimum Gasteiger partial charge on any atom is -0.300 e. The molecule has 0 saturated carbocycles.